The molecule has 0 aliphatic heterocycles. The number of nitrogens with one attached hydrogen (secondary N) is 1. The molecule has 1 heterocycles. The van der Waals surface area contributed by atoms with Crippen molar-refractivity contribution in [3.63, 3.8) is 0 Å². The molecular weight excluding hydrogens is 430 g/mol. The van der Waals surface area contributed by atoms with E-state index in [9.17, 15) is 4.79 Å². The first kappa shape index (κ1) is 22.7. The maximum atomic E-state index is 13.5. The zero-order valence-corrected chi connectivity index (χ0v) is 20.6. The van der Waals surface area contributed by atoms with E-state index in [4.69, 9.17) is 0 Å². The number of aryl methyl sites for hydroxylation is 3. The molecule has 0 spiro atoms. The third-order valence-corrected chi connectivity index (χ3v) is 6.70. The SMILES string of the molecule is CCc1ccc(NC(=O)N(Cc2ccc3c(c2)c2ccccc2n3CC)c2ccc(C)cc2)cc1. The van der Waals surface area contributed by atoms with Crippen LogP contribution in [0.25, 0.3) is 21.8 Å². The number of carbonyl (C=O) groups is 1. The van der Waals surface area contributed by atoms with Gasteiger partial charge in [-0.1, -0.05) is 61.0 Å². The lowest BCUT2D eigenvalue weighted by molar-refractivity contribution is 0.256. The van der Waals surface area contributed by atoms with Gasteiger partial charge in [-0.2, -0.15) is 0 Å². The lowest BCUT2D eigenvalue weighted by Gasteiger charge is -2.24. The highest BCUT2D eigenvalue weighted by Crippen LogP contribution is 2.30. The number of carbonyl (C=O) groups excluding carboxylic acids is 1. The molecule has 4 nitrogen and oxygen atoms in total. The second-order valence-corrected chi connectivity index (χ2v) is 9.02. The summed E-state index contributed by atoms with van der Waals surface area (Å²) in [5.41, 5.74) is 7.63. The Labute approximate surface area is 206 Å². The normalized spacial score (nSPS) is 11.2. The lowest BCUT2D eigenvalue weighted by Crippen LogP contribution is -2.34. The number of para-hydroxylation sites is 1. The molecular formula is C31H31N3O. The summed E-state index contributed by atoms with van der Waals surface area (Å²) in [5, 5.41) is 5.56. The van der Waals surface area contributed by atoms with Gasteiger partial charge in [0, 0.05) is 39.7 Å². The summed E-state index contributed by atoms with van der Waals surface area (Å²) in [5.74, 6) is 0. The first-order valence-electron chi connectivity index (χ1n) is 12.3. The van der Waals surface area contributed by atoms with Crippen LogP contribution < -0.4 is 10.2 Å². The molecule has 0 atom stereocenters. The van der Waals surface area contributed by atoms with Crippen LogP contribution in [0.15, 0.2) is 91.0 Å². The van der Waals surface area contributed by atoms with Gasteiger partial charge >= 0.3 is 6.03 Å². The van der Waals surface area contributed by atoms with E-state index in [-0.39, 0.29) is 6.03 Å². The molecule has 0 unspecified atom stereocenters. The van der Waals surface area contributed by atoms with Crippen LogP contribution in [-0.4, -0.2) is 10.6 Å². The summed E-state index contributed by atoms with van der Waals surface area (Å²) in [6.45, 7) is 7.75. The van der Waals surface area contributed by atoms with E-state index >= 15 is 0 Å². The Kier molecular flexibility index (Phi) is 6.28. The second kappa shape index (κ2) is 9.67. The van der Waals surface area contributed by atoms with Gasteiger partial charge in [-0.25, -0.2) is 4.79 Å². The van der Waals surface area contributed by atoms with Gasteiger partial charge in [0.2, 0.25) is 0 Å². The molecule has 0 aliphatic rings. The summed E-state index contributed by atoms with van der Waals surface area (Å²) in [4.78, 5) is 15.3. The van der Waals surface area contributed by atoms with E-state index in [1.54, 1.807) is 0 Å². The average molecular weight is 462 g/mol. The van der Waals surface area contributed by atoms with Gasteiger partial charge in [-0.3, -0.25) is 4.90 Å². The van der Waals surface area contributed by atoms with E-state index in [1.165, 1.54) is 27.4 Å². The Hall–Kier alpha value is -4.05. The number of hydrogen-bond acceptors (Lipinski definition) is 1. The fraction of sp³-hybridized carbons (Fsp3) is 0.194. The molecule has 1 aromatic heterocycles. The molecule has 2 amide bonds. The van der Waals surface area contributed by atoms with Crippen LogP contribution in [0.5, 0.6) is 0 Å². The van der Waals surface area contributed by atoms with E-state index in [0.29, 0.717) is 6.54 Å². The van der Waals surface area contributed by atoms with Gasteiger partial charge in [0.25, 0.3) is 0 Å². The molecule has 0 bridgehead atoms. The predicted octanol–water partition coefficient (Wildman–Crippen LogP) is 7.92. The third-order valence-electron chi connectivity index (χ3n) is 6.70. The Morgan fingerprint density at radius 3 is 2.20 bits per heavy atom. The smallest absolute Gasteiger partial charge is 0.326 e. The van der Waals surface area contributed by atoms with Crippen molar-refractivity contribution in [2.24, 2.45) is 0 Å². The molecule has 0 saturated heterocycles. The Balaban J connectivity index is 1.51. The summed E-state index contributed by atoms with van der Waals surface area (Å²) < 4.78 is 2.35. The first-order valence-corrected chi connectivity index (χ1v) is 12.3. The van der Waals surface area contributed by atoms with Gasteiger partial charge in [-0.05, 0) is 73.9 Å². The molecule has 35 heavy (non-hydrogen) atoms. The van der Waals surface area contributed by atoms with E-state index in [0.717, 1.165) is 35.5 Å². The van der Waals surface area contributed by atoms with Crippen LogP contribution in [0.2, 0.25) is 0 Å². The fourth-order valence-corrected chi connectivity index (χ4v) is 4.74. The van der Waals surface area contributed by atoms with Crippen LogP contribution >= 0.6 is 0 Å². The highest BCUT2D eigenvalue weighted by Gasteiger charge is 2.18. The number of benzene rings is 4. The van der Waals surface area contributed by atoms with Crippen LogP contribution in [0, 0.1) is 6.92 Å². The second-order valence-electron chi connectivity index (χ2n) is 9.02. The van der Waals surface area contributed by atoms with Crippen molar-refractivity contribution in [2.45, 2.75) is 40.3 Å². The summed E-state index contributed by atoms with van der Waals surface area (Å²) in [7, 11) is 0. The number of amides is 2. The molecule has 176 valence electrons. The Morgan fingerprint density at radius 2 is 1.49 bits per heavy atom. The topological polar surface area (TPSA) is 37.3 Å². The maximum Gasteiger partial charge on any atom is 0.326 e. The monoisotopic (exact) mass is 461 g/mol. The highest BCUT2D eigenvalue weighted by molar-refractivity contribution is 6.08. The minimum Gasteiger partial charge on any atom is -0.341 e. The van der Waals surface area contributed by atoms with Crippen molar-refractivity contribution in [3.8, 4) is 0 Å². The number of rotatable bonds is 6. The maximum absolute atomic E-state index is 13.5. The van der Waals surface area contributed by atoms with Crippen molar-refractivity contribution < 1.29 is 4.79 Å². The zero-order valence-electron chi connectivity index (χ0n) is 20.6. The summed E-state index contributed by atoms with van der Waals surface area (Å²) >= 11 is 0. The molecule has 0 radical (unpaired) electrons. The highest BCUT2D eigenvalue weighted by atomic mass is 16.2. The standard InChI is InChI=1S/C31H31N3O/c1-4-23-12-15-25(16-13-23)32-31(35)34(26-17-10-22(3)11-18-26)21-24-14-19-30-28(20-24)27-8-6-7-9-29(27)33(30)5-2/h6-20H,4-5,21H2,1-3H3,(H,32,35). The minimum absolute atomic E-state index is 0.144. The molecule has 0 aliphatic carbocycles. The molecule has 4 aromatic carbocycles. The van der Waals surface area contributed by atoms with Crippen molar-refractivity contribution >= 4 is 39.2 Å². The van der Waals surface area contributed by atoms with Crippen molar-refractivity contribution in [3.05, 3.63) is 108 Å². The molecule has 5 rings (SSSR count). The van der Waals surface area contributed by atoms with Gasteiger partial charge < -0.3 is 9.88 Å². The zero-order chi connectivity index (χ0) is 24.4. The number of fused-ring (bicyclic) bond motifs is 3. The molecule has 0 fully saturated rings. The van der Waals surface area contributed by atoms with Gasteiger partial charge in [0.15, 0.2) is 0 Å². The molecule has 4 heteroatoms. The van der Waals surface area contributed by atoms with E-state index in [1.807, 2.05) is 41.3 Å². The number of hydrogen-bond donors (Lipinski definition) is 1. The summed E-state index contributed by atoms with van der Waals surface area (Å²) in [6, 6.07) is 31.1. The van der Waals surface area contributed by atoms with Crippen molar-refractivity contribution in [1.29, 1.82) is 0 Å². The lowest BCUT2D eigenvalue weighted by atomic mass is 10.1. The number of anilines is 2. The average Bonchev–Trinajstić information content (AvgIpc) is 3.21. The van der Waals surface area contributed by atoms with Gasteiger partial charge in [0.1, 0.15) is 0 Å². The molecule has 5 aromatic rings. The van der Waals surface area contributed by atoms with Crippen LogP contribution in [0.1, 0.15) is 30.5 Å². The largest absolute Gasteiger partial charge is 0.341 e. The number of aromatic nitrogens is 1. The third kappa shape index (κ3) is 4.52. The quantitative estimate of drug-likeness (QED) is 0.274. The summed E-state index contributed by atoms with van der Waals surface area (Å²) in [6.07, 6.45) is 0.973. The van der Waals surface area contributed by atoms with Crippen LogP contribution in [0.3, 0.4) is 0 Å². The molecule has 1 N–H and O–H groups in total. The van der Waals surface area contributed by atoms with Gasteiger partial charge in [-0.15, -0.1) is 0 Å². The number of urea groups is 1. The Bertz CT molecular complexity index is 1480. The van der Waals surface area contributed by atoms with Gasteiger partial charge in [0.05, 0.1) is 6.54 Å². The van der Waals surface area contributed by atoms with Crippen molar-refractivity contribution in [2.75, 3.05) is 10.2 Å². The number of nitrogens with zero attached hydrogens (tertiary/aromatic N) is 2. The van der Waals surface area contributed by atoms with Crippen LogP contribution in [-0.2, 0) is 19.5 Å². The fourth-order valence-electron chi connectivity index (χ4n) is 4.74. The van der Waals surface area contributed by atoms with Crippen molar-refractivity contribution in [1.82, 2.24) is 4.57 Å². The first-order chi connectivity index (χ1) is 17.1. The Morgan fingerprint density at radius 1 is 0.800 bits per heavy atom. The molecule has 0 saturated carbocycles. The van der Waals surface area contributed by atoms with E-state index < -0.39 is 0 Å². The van der Waals surface area contributed by atoms with E-state index in [2.05, 4.69) is 85.3 Å². The predicted molar refractivity (Wildman–Crippen MR) is 147 cm³/mol. The minimum atomic E-state index is -0.144. The van der Waals surface area contributed by atoms with Crippen LogP contribution in [0.4, 0.5) is 16.2 Å².